The number of likely N-dealkylation sites (tertiary alicyclic amines) is 1. The highest BCUT2D eigenvalue weighted by molar-refractivity contribution is 7.79. The van der Waals surface area contributed by atoms with Crippen LogP contribution in [0.5, 0.6) is 5.75 Å². The molecular weight excluding hydrogens is 478 g/mol. The molecule has 0 atom stereocenters. The van der Waals surface area contributed by atoms with Gasteiger partial charge in [0.25, 0.3) is 0 Å². The zero-order valence-corrected chi connectivity index (χ0v) is 24.0. The zero-order chi connectivity index (χ0) is 27.0. The predicted octanol–water partition coefficient (Wildman–Crippen LogP) is 6.98. The van der Waals surface area contributed by atoms with Gasteiger partial charge in [0.15, 0.2) is 0 Å². The molecule has 0 spiro atoms. The molecule has 0 aliphatic carbocycles. The third-order valence-electron chi connectivity index (χ3n) is 6.75. The van der Waals surface area contributed by atoms with Crippen LogP contribution in [0, 0.1) is 24.2 Å². The fourth-order valence-corrected chi connectivity index (χ4v) is 4.55. The molecule has 37 heavy (non-hydrogen) atoms. The Bertz CT molecular complexity index is 1200. The Hall–Kier alpha value is -2.95. The Morgan fingerprint density at radius 1 is 1.35 bits per heavy atom. The van der Waals surface area contributed by atoms with Crippen molar-refractivity contribution in [1.82, 2.24) is 9.88 Å². The normalized spacial score (nSPS) is 17.4. The van der Waals surface area contributed by atoms with Gasteiger partial charge in [-0.3, -0.25) is 10.3 Å². The van der Waals surface area contributed by atoms with E-state index in [4.69, 9.17) is 9.84 Å². The van der Waals surface area contributed by atoms with E-state index in [2.05, 4.69) is 86.0 Å². The van der Waals surface area contributed by atoms with Gasteiger partial charge in [0.1, 0.15) is 17.0 Å². The number of hydrogen-bond acceptors (Lipinski definition) is 6. The summed E-state index contributed by atoms with van der Waals surface area (Å²) in [5.41, 5.74) is 10.5. The Morgan fingerprint density at radius 3 is 2.84 bits per heavy atom. The first-order valence-corrected chi connectivity index (χ1v) is 13.6. The maximum absolute atomic E-state index is 9.75. The molecule has 0 amide bonds. The number of nitrogens with zero attached hydrogens (tertiary/aromatic N) is 3. The zero-order valence-electron chi connectivity index (χ0n) is 23.1. The van der Waals surface area contributed by atoms with Gasteiger partial charge in [-0.2, -0.15) is 23.0 Å². The van der Waals surface area contributed by atoms with E-state index in [0.29, 0.717) is 24.8 Å². The second-order valence-corrected chi connectivity index (χ2v) is 10.9. The van der Waals surface area contributed by atoms with Crippen molar-refractivity contribution in [3.05, 3.63) is 64.5 Å². The summed E-state index contributed by atoms with van der Waals surface area (Å²) in [5.74, 6) is 1.95. The van der Waals surface area contributed by atoms with Crippen molar-refractivity contribution in [2.75, 3.05) is 25.1 Å². The highest BCUT2D eigenvalue weighted by Crippen LogP contribution is 2.30. The number of aromatic amines is 1. The molecular formula is C30H41N5OS. The number of rotatable bonds is 10. The fourth-order valence-electron chi connectivity index (χ4n) is 4.27. The third kappa shape index (κ3) is 7.53. The summed E-state index contributed by atoms with van der Waals surface area (Å²) in [4.78, 5) is 5.52. The predicted molar refractivity (Wildman–Crippen MR) is 158 cm³/mol. The van der Waals surface area contributed by atoms with Gasteiger partial charge in [-0.15, -0.1) is 0 Å². The molecule has 7 heteroatoms. The second-order valence-electron chi connectivity index (χ2n) is 10.6. The lowest BCUT2D eigenvalue weighted by Gasteiger charge is -2.38. The monoisotopic (exact) mass is 519 g/mol. The van der Waals surface area contributed by atoms with E-state index in [1.54, 1.807) is 0 Å². The number of thiol groups is 1. The van der Waals surface area contributed by atoms with Gasteiger partial charge in [-0.25, -0.2) is 0 Å². The molecule has 6 nitrogen and oxygen atoms in total. The number of H-pyrrole nitrogens is 1. The average Bonchev–Trinajstić information content (AvgIpc) is 3.34. The first-order valence-electron chi connectivity index (χ1n) is 13.0. The molecule has 1 aliphatic heterocycles. The van der Waals surface area contributed by atoms with Gasteiger partial charge in [0.05, 0.1) is 18.4 Å². The highest BCUT2D eigenvalue weighted by Gasteiger charge is 2.32. The third-order valence-corrected chi connectivity index (χ3v) is 7.09. The van der Waals surface area contributed by atoms with Crippen molar-refractivity contribution >= 4 is 30.1 Å². The minimum absolute atomic E-state index is 0.438. The van der Waals surface area contributed by atoms with Gasteiger partial charge in [-0.05, 0) is 74.9 Å². The van der Waals surface area contributed by atoms with Crippen molar-refractivity contribution in [2.24, 2.45) is 11.0 Å². The van der Waals surface area contributed by atoms with Gasteiger partial charge in [-0.1, -0.05) is 37.6 Å². The van der Waals surface area contributed by atoms with Gasteiger partial charge < -0.3 is 9.72 Å². The molecule has 1 aliphatic rings. The lowest BCUT2D eigenvalue weighted by molar-refractivity contribution is 0.183. The molecule has 2 N–H and O–H groups in total. The number of hydrazone groups is 1. The lowest BCUT2D eigenvalue weighted by Crippen LogP contribution is -2.48. The van der Waals surface area contributed by atoms with Crippen LogP contribution >= 0.6 is 12.6 Å². The number of ether oxygens (including phenoxy) is 1. The maximum Gasteiger partial charge on any atom is 0.144 e. The molecule has 0 saturated carbocycles. The number of benzene rings is 1. The Labute approximate surface area is 227 Å². The molecule has 0 unspecified atom stereocenters. The highest BCUT2D eigenvalue weighted by atomic mass is 32.1. The van der Waals surface area contributed by atoms with E-state index < -0.39 is 5.54 Å². The lowest BCUT2D eigenvalue weighted by atomic mass is 9.92. The number of aromatic nitrogens is 1. The van der Waals surface area contributed by atoms with Crippen molar-refractivity contribution in [2.45, 2.75) is 65.7 Å². The molecule has 1 aromatic carbocycles. The molecule has 2 aromatic rings. The molecule has 1 fully saturated rings. The van der Waals surface area contributed by atoms with Gasteiger partial charge in [0, 0.05) is 37.2 Å². The number of allylic oxidation sites excluding steroid dienone is 2. The SMILES string of the molecule is C/C(C/C=C\c1[nH]ccc1CS)=C1/CN(C(C)(C)C#N)CC/C1=N/Nc1c(C)cccc1OCC(C)C. The number of piperidine rings is 1. The Kier molecular flexibility index (Phi) is 10.1. The van der Waals surface area contributed by atoms with Crippen molar-refractivity contribution in [1.29, 1.82) is 5.26 Å². The summed E-state index contributed by atoms with van der Waals surface area (Å²) < 4.78 is 6.07. The average molecular weight is 520 g/mol. The van der Waals surface area contributed by atoms with Crippen LogP contribution < -0.4 is 10.2 Å². The molecule has 3 rings (SSSR count). The van der Waals surface area contributed by atoms with Gasteiger partial charge in [0.2, 0.25) is 0 Å². The number of hydrogen-bond donors (Lipinski definition) is 3. The minimum Gasteiger partial charge on any atom is -0.491 e. The topological polar surface area (TPSA) is 76.4 Å². The largest absolute Gasteiger partial charge is 0.491 e. The fraction of sp³-hybridized carbons (Fsp3) is 0.467. The van der Waals surface area contributed by atoms with E-state index in [9.17, 15) is 5.26 Å². The van der Waals surface area contributed by atoms with Crippen molar-refractivity contribution < 1.29 is 4.74 Å². The molecule has 1 saturated heterocycles. The Morgan fingerprint density at radius 2 is 2.14 bits per heavy atom. The quantitative estimate of drug-likeness (QED) is 0.234. The first-order chi connectivity index (χ1) is 17.7. The van der Waals surface area contributed by atoms with Crippen LogP contribution in [0.1, 0.15) is 64.3 Å². The number of anilines is 1. The molecule has 0 radical (unpaired) electrons. The number of aryl methyl sites for hydroxylation is 1. The van der Waals surface area contributed by atoms with Crippen molar-refractivity contribution in [3.8, 4) is 11.8 Å². The van der Waals surface area contributed by atoms with E-state index >= 15 is 0 Å². The van der Waals surface area contributed by atoms with Crippen LogP contribution in [0.2, 0.25) is 0 Å². The van der Waals surface area contributed by atoms with E-state index in [-0.39, 0.29) is 0 Å². The number of nitrogens with one attached hydrogen (secondary N) is 2. The van der Waals surface area contributed by atoms with E-state index in [0.717, 1.165) is 47.8 Å². The maximum atomic E-state index is 9.75. The van der Waals surface area contributed by atoms with Crippen LogP contribution in [0.3, 0.4) is 0 Å². The smallest absolute Gasteiger partial charge is 0.144 e. The van der Waals surface area contributed by atoms with Crippen LogP contribution in [0.25, 0.3) is 6.08 Å². The van der Waals surface area contributed by atoms with Crippen LogP contribution in [0.4, 0.5) is 5.69 Å². The summed E-state index contributed by atoms with van der Waals surface area (Å²) >= 11 is 4.41. The van der Waals surface area contributed by atoms with Gasteiger partial charge >= 0.3 is 0 Å². The van der Waals surface area contributed by atoms with Crippen LogP contribution in [-0.2, 0) is 5.75 Å². The summed E-state index contributed by atoms with van der Waals surface area (Å²) in [6.45, 7) is 14.6. The van der Waals surface area contributed by atoms with E-state index in [1.807, 2.05) is 32.2 Å². The molecule has 1 aromatic heterocycles. The Balaban J connectivity index is 1.89. The number of para-hydroxylation sites is 1. The standard InChI is InChI=1S/C30H41N5OS/c1-21(2)18-36-28-12-8-10-23(4)29(28)34-33-27-14-16-35(30(5,6)20-31)17-25(27)22(3)9-7-11-26-24(19-37)13-15-32-26/h7-8,10-13,15,21,32,34,37H,9,14,16-19H2,1-6H3/b11-7-,25-22+,33-27-. The van der Waals surface area contributed by atoms with Crippen LogP contribution in [0.15, 0.2) is 52.8 Å². The van der Waals surface area contributed by atoms with E-state index in [1.165, 1.54) is 16.7 Å². The first kappa shape index (κ1) is 28.6. The van der Waals surface area contributed by atoms with Crippen LogP contribution in [-0.4, -0.2) is 40.8 Å². The summed E-state index contributed by atoms with van der Waals surface area (Å²) in [6, 6.07) is 10.6. The summed E-state index contributed by atoms with van der Waals surface area (Å²) in [7, 11) is 0. The molecule has 0 bridgehead atoms. The molecule has 198 valence electrons. The minimum atomic E-state index is -0.542. The summed E-state index contributed by atoms with van der Waals surface area (Å²) in [5, 5.41) is 14.7. The molecule has 2 heterocycles. The second kappa shape index (κ2) is 13.0. The van der Waals surface area contributed by atoms with Crippen molar-refractivity contribution in [3.63, 3.8) is 0 Å². The summed E-state index contributed by atoms with van der Waals surface area (Å²) in [6.07, 6.45) is 7.81. The number of nitriles is 1.